The molecule has 3 heterocycles. The fraction of sp³-hybridized carbons (Fsp3) is 0.389. The van der Waals surface area contributed by atoms with Crippen LogP contribution in [0.25, 0.3) is 0 Å². The number of carbonyl (C=O) groups excluding carboxylic acids is 1. The van der Waals surface area contributed by atoms with Gasteiger partial charge in [0.25, 0.3) is 0 Å². The van der Waals surface area contributed by atoms with E-state index in [1.165, 1.54) is 10.4 Å². The minimum absolute atomic E-state index is 0.268. The Bertz CT molecular complexity index is 697. The summed E-state index contributed by atoms with van der Waals surface area (Å²) >= 11 is 1.80. The van der Waals surface area contributed by atoms with Crippen molar-refractivity contribution in [3.8, 4) is 0 Å². The van der Waals surface area contributed by atoms with Crippen molar-refractivity contribution in [2.75, 3.05) is 25.0 Å². The molecule has 0 saturated carbocycles. The van der Waals surface area contributed by atoms with Gasteiger partial charge in [-0.25, -0.2) is 0 Å². The highest BCUT2D eigenvalue weighted by molar-refractivity contribution is 7.09. The van der Waals surface area contributed by atoms with Gasteiger partial charge < -0.3 is 4.90 Å². The molecule has 4 heteroatoms. The maximum atomic E-state index is 13.0. The Hall–Kier alpha value is -1.65. The Balaban J connectivity index is 1.67. The van der Waals surface area contributed by atoms with E-state index in [4.69, 9.17) is 0 Å². The zero-order valence-corrected chi connectivity index (χ0v) is 13.6. The first-order valence-electron chi connectivity index (χ1n) is 7.83. The first-order valence-corrected chi connectivity index (χ1v) is 8.71. The van der Waals surface area contributed by atoms with Gasteiger partial charge in [-0.2, -0.15) is 0 Å². The second-order valence-corrected chi connectivity index (χ2v) is 7.39. The third kappa shape index (κ3) is 2.02. The number of fused-ring (bicyclic) bond motifs is 2. The number of rotatable bonds is 2. The van der Waals surface area contributed by atoms with E-state index in [-0.39, 0.29) is 11.3 Å². The van der Waals surface area contributed by atoms with Gasteiger partial charge in [-0.1, -0.05) is 24.3 Å². The van der Waals surface area contributed by atoms with Crippen molar-refractivity contribution >= 4 is 22.9 Å². The van der Waals surface area contributed by atoms with Gasteiger partial charge in [-0.15, -0.1) is 11.3 Å². The highest BCUT2D eigenvalue weighted by Gasteiger charge is 2.51. The summed E-state index contributed by atoms with van der Waals surface area (Å²) in [7, 11) is 1.91. The predicted molar refractivity (Wildman–Crippen MR) is 90.4 cm³/mol. The molecule has 1 amide bonds. The maximum Gasteiger partial charge on any atom is 0.238 e. The second-order valence-electron chi connectivity index (χ2n) is 6.36. The van der Waals surface area contributed by atoms with E-state index in [2.05, 4.69) is 40.6 Å². The van der Waals surface area contributed by atoms with Crippen molar-refractivity contribution in [3.05, 3.63) is 52.2 Å². The van der Waals surface area contributed by atoms with Crippen LogP contribution in [-0.2, 0) is 16.8 Å². The molecule has 0 unspecified atom stereocenters. The Kier molecular flexibility index (Phi) is 3.31. The van der Waals surface area contributed by atoms with Crippen molar-refractivity contribution in [2.45, 2.75) is 24.8 Å². The van der Waals surface area contributed by atoms with Crippen LogP contribution in [0.1, 0.15) is 23.3 Å². The van der Waals surface area contributed by atoms with Gasteiger partial charge in [-0.3, -0.25) is 9.69 Å². The van der Waals surface area contributed by atoms with Gasteiger partial charge in [-0.05, 0) is 42.5 Å². The number of benzene rings is 1. The number of nitrogens with zero attached hydrogens (tertiary/aromatic N) is 2. The number of anilines is 1. The number of likely N-dealkylation sites (N-methyl/N-ethyl adjacent to an activating group) is 1. The molecule has 0 aliphatic carbocycles. The molecule has 1 aromatic carbocycles. The molecule has 1 aromatic heterocycles. The predicted octanol–water partition coefficient (Wildman–Crippen LogP) is 3.26. The molecular formula is C18H20N2OS. The van der Waals surface area contributed by atoms with Crippen LogP contribution in [-0.4, -0.2) is 30.9 Å². The topological polar surface area (TPSA) is 23.6 Å². The summed E-state index contributed by atoms with van der Waals surface area (Å²) in [5, 5.41) is 2.12. The number of hydrogen-bond acceptors (Lipinski definition) is 3. The summed E-state index contributed by atoms with van der Waals surface area (Å²) in [6, 6.07) is 12.6. The zero-order chi connectivity index (χ0) is 15.2. The number of carbonyl (C=O) groups is 1. The highest BCUT2D eigenvalue weighted by atomic mass is 32.1. The molecule has 114 valence electrons. The summed E-state index contributed by atoms with van der Waals surface area (Å²) in [4.78, 5) is 18.7. The smallest absolute Gasteiger partial charge is 0.238 e. The lowest BCUT2D eigenvalue weighted by atomic mass is 9.75. The lowest BCUT2D eigenvalue weighted by molar-refractivity contribution is -0.125. The van der Waals surface area contributed by atoms with Gasteiger partial charge in [0.05, 0.1) is 5.41 Å². The van der Waals surface area contributed by atoms with Gasteiger partial charge in [0, 0.05) is 30.7 Å². The summed E-state index contributed by atoms with van der Waals surface area (Å²) in [6.07, 6.45) is 2.05. The molecule has 2 aliphatic rings. The number of para-hydroxylation sites is 1. The Labute approximate surface area is 135 Å². The molecule has 2 aliphatic heterocycles. The molecule has 0 N–H and O–H groups in total. The molecule has 0 radical (unpaired) electrons. The lowest BCUT2D eigenvalue weighted by Crippen LogP contribution is -2.51. The molecule has 22 heavy (non-hydrogen) atoms. The summed E-state index contributed by atoms with van der Waals surface area (Å²) in [5.41, 5.74) is 1.98. The minimum Gasteiger partial charge on any atom is -0.314 e. The van der Waals surface area contributed by atoms with Crippen LogP contribution in [0.15, 0.2) is 41.8 Å². The van der Waals surface area contributed by atoms with Crippen molar-refractivity contribution in [2.24, 2.45) is 0 Å². The number of piperidine rings is 1. The highest BCUT2D eigenvalue weighted by Crippen LogP contribution is 2.46. The van der Waals surface area contributed by atoms with E-state index in [1.807, 2.05) is 18.0 Å². The van der Waals surface area contributed by atoms with Crippen LogP contribution in [0.3, 0.4) is 0 Å². The normalized spacial score (nSPS) is 25.0. The largest absolute Gasteiger partial charge is 0.314 e. The average molecular weight is 312 g/mol. The van der Waals surface area contributed by atoms with Gasteiger partial charge in [0.1, 0.15) is 0 Å². The fourth-order valence-electron chi connectivity index (χ4n) is 4.01. The Morgan fingerprint density at radius 3 is 2.91 bits per heavy atom. The fourth-order valence-corrected chi connectivity index (χ4v) is 4.76. The molecule has 3 nitrogen and oxygen atoms in total. The molecule has 0 bridgehead atoms. The van der Waals surface area contributed by atoms with Crippen LogP contribution in [0.2, 0.25) is 0 Å². The van der Waals surface area contributed by atoms with E-state index in [0.717, 1.165) is 38.2 Å². The monoisotopic (exact) mass is 312 g/mol. The number of thiophene rings is 1. The van der Waals surface area contributed by atoms with E-state index in [1.54, 1.807) is 11.3 Å². The number of amides is 1. The lowest BCUT2D eigenvalue weighted by Gasteiger charge is -2.39. The first-order chi connectivity index (χ1) is 10.7. The van der Waals surface area contributed by atoms with Crippen LogP contribution in [0.4, 0.5) is 5.69 Å². The SMILES string of the molecule is CN1C(=O)[C@@]2(CCCN(Cc3cccs3)C2)c2ccccc21. The molecule has 1 saturated heterocycles. The Morgan fingerprint density at radius 1 is 1.23 bits per heavy atom. The second kappa shape index (κ2) is 5.21. The van der Waals surface area contributed by atoms with E-state index >= 15 is 0 Å². The van der Waals surface area contributed by atoms with Crippen molar-refractivity contribution in [3.63, 3.8) is 0 Å². The number of hydrogen-bond donors (Lipinski definition) is 0. The summed E-state index contributed by atoms with van der Waals surface area (Å²) in [6.45, 7) is 2.88. The maximum absolute atomic E-state index is 13.0. The van der Waals surface area contributed by atoms with Crippen LogP contribution in [0, 0.1) is 0 Å². The van der Waals surface area contributed by atoms with Gasteiger partial charge in [0.2, 0.25) is 5.91 Å². The quantitative estimate of drug-likeness (QED) is 0.850. The summed E-state index contributed by atoms with van der Waals surface area (Å²) < 4.78 is 0. The average Bonchev–Trinajstić information content (AvgIpc) is 3.12. The molecule has 1 fully saturated rings. The minimum atomic E-state index is -0.332. The number of likely N-dealkylation sites (tertiary alicyclic amines) is 1. The van der Waals surface area contributed by atoms with Gasteiger partial charge in [0.15, 0.2) is 0 Å². The van der Waals surface area contributed by atoms with Crippen LogP contribution in [0.5, 0.6) is 0 Å². The van der Waals surface area contributed by atoms with Crippen LogP contribution >= 0.6 is 11.3 Å². The first kappa shape index (κ1) is 14.0. The Morgan fingerprint density at radius 2 is 2.09 bits per heavy atom. The summed E-state index contributed by atoms with van der Waals surface area (Å²) in [5.74, 6) is 0.268. The van der Waals surface area contributed by atoms with E-state index in [9.17, 15) is 4.79 Å². The molecule has 1 spiro atoms. The van der Waals surface area contributed by atoms with Crippen molar-refractivity contribution in [1.82, 2.24) is 4.90 Å². The van der Waals surface area contributed by atoms with E-state index < -0.39 is 0 Å². The molecule has 4 rings (SSSR count). The zero-order valence-electron chi connectivity index (χ0n) is 12.8. The molecule has 1 atom stereocenters. The van der Waals surface area contributed by atoms with Crippen molar-refractivity contribution in [1.29, 1.82) is 0 Å². The third-order valence-corrected chi connectivity index (χ3v) is 5.89. The molecule has 2 aromatic rings. The van der Waals surface area contributed by atoms with E-state index in [0.29, 0.717) is 0 Å². The molecular weight excluding hydrogens is 292 g/mol. The van der Waals surface area contributed by atoms with Crippen LogP contribution < -0.4 is 4.90 Å². The van der Waals surface area contributed by atoms with Gasteiger partial charge >= 0.3 is 0 Å². The standard InChI is InChI=1S/C18H20N2OS/c1-19-16-8-3-2-7-15(16)18(17(19)21)9-5-10-20(13-18)12-14-6-4-11-22-14/h2-4,6-8,11H,5,9-10,12-13H2,1H3/t18-/m1/s1. The van der Waals surface area contributed by atoms with Crippen molar-refractivity contribution < 1.29 is 4.79 Å². The third-order valence-electron chi connectivity index (χ3n) is 5.03.